The highest BCUT2D eigenvalue weighted by Gasteiger charge is 2.14. The van der Waals surface area contributed by atoms with Crippen LogP contribution in [0, 0.1) is 6.92 Å². The second-order valence-corrected chi connectivity index (χ2v) is 7.98. The lowest BCUT2D eigenvalue weighted by molar-refractivity contribution is -0.862. The number of rotatable bonds is 9. The number of halogens is 1. The Balaban J connectivity index is 1.62. The van der Waals surface area contributed by atoms with E-state index in [0.717, 1.165) is 10.7 Å². The van der Waals surface area contributed by atoms with Crippen molar-refractivity contribution in [3.8, 4) is 0 Å². The lowest BCUT2D eigenvalue weighted by atomic mass is 10.2. The molecule has 0 spiro atoms. The minimum absolute atomic E-state index is 0.0590. The summed E-state index contributed by atoms with van der Waals surface area (Å²) in [5.74, 6) is 0.610. The quantitative estimate of drug-likeness (QED) is 0.441. The van der Waals surface area contributed by atoms with Gasteiger partial charge in [-0.25, -0.2) is 0 Å². The van der Waals surface area contributed by atoms with E-state index in [1.807, 2.05) is 7.05 Å². The molecule has 0 aliphatic carbocycles. The SMILES string of the molecule is Cc1ccc(SCCNC(=O)C[NH+](C)CC(=O)Nc2ccc(Cl)cc2)cc1. The molecular formula is C20H25ClN3O2S+. The van der Waals surface area contributed by atoms with Gasteiger partial charge in [-0.3, -0.25) is 9.59 Å². The molecule has 0 aliphatic heterocycles. The minimum atomic E-state index is -0.141. The molecule has 0 heterocycles. The first kappa shape index (κ1) is 21.3. The fraction of sp³-hybridized carbons (Fsp3) is 0.300. The highest BCUT2D eigenvalue weighted by atomic mass is 35.5. The van der Waals surface area contributed by atoms with E-state index < -0.39 is 0 Å². The molecule has 1 unspecified atom stereocenters. The van der Waals surface area contributed by atoms with Gasteiger partial charge in [-0.05, 0) is 43.3 Å². The largest absolute Gasteiger partial charge is 0.350 e. The molecule has 2 rings (SSSR count). The molecule has 27 heavy (non-hydrogen) atoms. The summed E-state index contributed by atoms with van der Waals surface area (Å²) in [7, 11) is 1.82. The molecular weight excluding hydrogens is 382 g/mol. The maximum absolute atomic E-state index is 12.0. The second kappa shape index (κ2) is 11.0. The van der Waals surface area contributed by atoms with Gasteiger partial charge in [0, 0.05) is 27.9 Å². The van der Waals surface area contributed by atoms with E-state index in [2.05, 4.69) is 41.8 Å². The molecule has 0 aliphatic rings. The van der Waals surface area contributed by atoms with Crippen LogP contribution in [-0.4, -0.2) is 44.2 Å². The number of hydrogen-bond donors (Lipinski definition) is 3. The van der Waals surface area contributed by atoms with E-state index in [9.17, 15) is 9.59 Å². The number of hydrogen-bond acceptors (Lipinski definition) is 3. The van der Waals surface area contributed by atoms with Crippen molar-refractivity contribution in [1.29, 1.82) is 0 Å². The first-order chi connectivity index (χ1) is 12.9. The Kier molecular flexibility index (Phi) is 8.64. The zero-order valence-corrected chi connectivity index (χ0v) is 17.1. The molecule has 3 N–H and O–H groups in total. The molecule has 0 bridgehead atoms. The first-order valence-electron chi connectivity index (χ1n) is 8.75. The summed E-state index contributed by atoms with van der Waals surface area (Å²) in [6.45, 7) is 3.13. The molecule has 0 saturated heterocycles. The zero-order valence-electron chi connectivity index (χ0n) is 15.5. The van der Waals surface area contributed by atoms with E-state index in [1.54, 1.807) is 36.0 Å². The van der Waals surface area contributed by atoms with Gasteiger partial charge in [-0.15, -0.1) is 11.8 Å². The monoisotopic (exact) mass is 406 g/mol. The van der Waals surface area contributed by atoms with E-state index >= 15 is 0 Å². The van der Waals surface area contributed by atoms with Crippen LogP contribution in [0.4, 0.5) is 5.69 Å². The van der Waals surface area contributed by atoms with Crippen molar-refractivity contribution in [2.45, 2.75) is 11.8 Å². The fourth-order valence-electron chi connectivity index (χ4n) is 2.41. The van der Waals surface area contributed by atoms with Gasteiger partial charge in [0.25, 0.3) is 11.8 Å². The highest BCUT2D eigenvalue weighted by molar-refractivity contribution is 7.99. The number of amides is 2. The molecule has 2 aromatic rings. The molecule has 1 atom stereocenters. The number of likely N-dealkylation sites (N-methyl/N-ethyl adjacent to an activating group) is 1. The molecule has 0 aromatic heterocycles. The van der Waals surface area contributed by atoms with Gasteiger partial charge < -0.3 is 15.5 Å². The summed E-state index contributed by atoms with van der Waals surface area (Å²) in [6.07, 6.45) is 0. The lowest BCUT2D eigenvalue weighted by Crippen LogP contribution is -3.11. The van der Waals surface area contributed by atoms with E-state index in [1.165, 1.54) is 10.5 Å². The summed E-state index contributed by atoms with van der Waals surface area (Å²) in [5, 5.41) is 6.31. The van der Waals surface area contributed by atoms with Gasteiger partial charge in [-0.1, -0.05) is 29.3 Å². The molecule has 5 nitrogen and oxygen atoms in total. The van der Waals surface area contributed by atoms with E-state index in [4.69, 9.17) is 11.6 Å². The predicted molar refractivity (Wildman–Crippen MR) is 112 cm³/mol. The van der Waals surface area contributed by atoms with Crippen molar-refractivity contribution in [3.05, 3.63) is 59.1 Å². The van der Waals surface area contributed by atoms with Crippen LogP contribution in [-0.2, 0) is 9.59 Å². The third-order valence-corrected chi connectivity index (χ3v) is 5.03. The summed E-state index contributed by atoms with van der Waals surface area (Å²) >= 11 is 7.53. The van der Waals surface area contributed by atoms with Gasteiger partial charge in [0.1, 0.15) is 0 Å². The third kappa shape index (κ3) is 8.47. The van der Waals surface area contributed by atoms with Crippen molar-refractivity contribution in [2.24, 2.45) is 0 Å². The van der Waals surface area contributed by atoms with Gasteiger partial charge in [0.2, 0.25) is 0 Å². The van der Waals surface area contributed by atoms with Crippen molar-refractivity contribution < 1.29 is 14.5 Å². The average molecular weight is 407 g/mol. The van der Waals surface area contributed by atoms with Gasteiger partial charge >= 0.3 is 0 Å². The van der Waals surface area contributed by atoms with Crippen LogP contribution < -0.4 is 15.5 Å². The normalized spacial score (nSPS) is 11.7. The Hall–Kier alpha value is -2.02. The molecule has 2 amide bonds. The lowest BCUT2D eigenvalue weighted by Gasteiger charge is -2.13. The Morgan fingerprint density at radius 3 is 2.30 bits per heavy atom. The fourth-order valence-corrected chi connectivity index (χ4v) is 3.30. The average Bonchev–Trinajstić information content (AvgIpc) is 2.62. The second-order valence-electron chi connectivity index (χ2n) is 6.38. The number of nitrogens with one attached hydrogen (secondary N) is 3. The molecule has 7 heteroatoms. The Morgan fingerprint density at radius 2 is 1.63 bits per heavy atom. The number of carbonyl (C=O) groups excluding carboxylic acids is 2. The molecule has 0 radical (unpaired) electrons. The predicted octanol–water partition coefficient (Wildman–Crippen LogP) is 2.01. The number of quaternary nitrogens is 1. The van der Waals surface area contributed by atoms with Crippen LogP contribution in [0.5, 0.6) is 0 Å². The van der Waals surface area contributed by atoms with Crippen LogP contribution in [0.2, 0.25) is 5.02 Å². The van der Waals surface area contributed by atoms with Crippen molar-refractivity contribution >= 4 is 40.9 Å². The summed E-state index contributed by atoms with van der Waals surface area (Å²) in [5.41, 5.74) is 1.92. The molecule has 2 aromatic carbocycles. The van der Waals surface area contributed by atoms with Crippen LogP contribution in [0.3, 0.4) is 0 Å². The number of thioether (sulfide) groups is 1. The van der Waals surface area contributed by atoms with E-state index in [-0.39, 0.29) is 24.9 Å². The van der Waals surface area contributed by atoms with Crippen LogP contribution >= 0.6 is 23.4 Å². The van der Waals surface area contributed by atoms with Crippen LogP contribution in [0.1, 0.15) is 5.56 Å². The maximum atomic E-state index is 12.0. The number of anilines is 1. The Bertz CT molecular complexity index is 751. The van der Waals surface area contributed by atoms with Crippen molar-refractivity contribution in [2.75, 3.05) is 37.8 Å². The topological polar surface area (TPSA) is 62.6 Å². The van der Waals surface area contributed by atoms with Crippen molar-refractivity contribution in [1.82, 2.24) is 5.32 Å². The summed E-state index contributed by atoms with van der Waals surface area (Å²) in [6, 6.07) is 15.2. The number of carbonyl (C=O) groups is 2. The van der Waals surface area contributed by atoms with Gasteiger partial charge in [-0.2, -0.15) is 0 Å². The van der Waals surface area contributed by atoms with Crippen molar-refractivity contribution in [3.63, 3.8) is 0 Å². The number of benzene rings is 2. The van der Waals surface area contributed by atoms with Gasteiger partial charge in [0.05, 0.1) is 7.05 Å². The summed E-state index contributed by atoms with van der Waals surface area (Å²) < 4.78 is 0. The van der Waals surface area contributed by atoms with Crippen LogP contribution in [0.15, 0.2) is 53.4 Å². The van der Waals surface area contributed by atoms with E-state index in [0.29, 0.717) is 17.3 Å². The minimum Gasteiger partial charge on any atom is -0.350 e. The molecule has 0 fully saturated rings. The highest BCUT2D eigenvalue weighted by Crippen LogP contribution is 2.17. The molecule has 0 saturated carbocycles. The smallest absolute Gasteiger partial charge is 0.279 e. The third-order valence-electron chi connectivity index (χ3n) is 3.77. The zero-order chi connectivity index (χ0) is 19.6. The Morgan fingerprint density at radius 1 is 1.00 bits per heavy atom. The van der Waals surface area contributed by atoms with Crippen LogP contribution in [0.25, 0.3) is 0 Å². The first-order valence-corrected chi connectivity index (χ1v) is 10.1. The molecule has 144 valence electrons. The maximum Gasteiger partial charge on any atom is 0.279 e. The number of aryl methyl sites for hydroxylation is 1. The standard InChI is InChI=1S/C20H24ClN3O2S/c1-15-3-9-18(10-4-15)27-12-11-22-19(25)13-24(2)14-20(26)23-17-7-5-16(21)6-8-17/h3-10H,11-14H2,1-2H3,(H,22,25)(H,23,26)/p+1. The summed E-state index contributed by atoms with van der Waals surface area (Å²) in [4.78, 5) is 26.0. The Labute approximate surface area is 169 Å². The van der Waals surface area contributed by atoms with Gasteiger partial charge in [0.15, 0.2) is 13.1 Å².